The normalized spacial score (nSPS) is 17.9. The molecule has 0 heterocycles. The van der Waals surface area contributed by atoms with Crippen molar-refractivity contribution in [2.45, 2.75) is 70.2 Å². The zero-order valence-electron chi connectivity index (χ0n) is 20.1. The second-order valence-corrected chi connectivity index (χ2v) is 17.1. The van der Waals surface area contributed by atoms with E-state index in [1.54, 1.807) is 0 Å². The molecule has 0 amide bonds. The van der Waals surface area contributed by atoms with Gasteiger partial charge in [-0.1, -0.05) is 81.4 Å². The average Bonchev–Trinajstić information content (AvgIpc) is 3.54. The van der Waals surface area contributed by atoms with E-state index < -0.39 is 29.5 Å². The smallest absolute Gasteiger partial charge is 0.261 e. The predicted octanol–water partition coefficient (Wildman–Crippen LogP) is 4.29. The van der Waals surface area contributed by atoms with Crippen LogP contribution in [0.4, 0.5) is 0 Å². The molecule has 6 heteroatoms. The summed E-state index contributed by atoms with van der Waals surface area (Å²) in [6, 6.07) is 23.2. The third kappa shape index (κ3) is 4.91. The van der Waals surface area contributed by atoms with E-state index in [4.69, 9.17) is 4.43 Å². The molecule has 1 fully saturated rings. The van der Waals surface area contributed by atoms with Gasteiger partial charge in [-0.2, -0.15) is 5.26 Å². The van der Waals surface area contributed by atoms with E-state index in [0.29, 0.717) is 6.61 Å². The minimum atomic E-state index is -2.72. The molecular weight excluding hydrogens is 432 g/mol. The fourth-order valence-corrected chi connectivity index (χ4v) is 9.73. The van der Waals surface area contributed by atoms with E-state index in [1.165, 1.54) is 10.4 Å². The maximum Gasteiger partial charge on any atom is 0.261 e. The summed E-state index contributed by atoms with van der Waals surface area (Å²) in [6.45, 7) is 12.9. The molecule has 32 heavy (non-hydrogen) atoms. The molecule has 1 saturated carbocycles. The Kier molecular flexibility index (Phi) is 7.16. The van der Waals surface area contributed by atoms with Crippen LogP contribution in [-0.4, -0.2) is 29.9 Å². The lowest BCUT2D eigenvalue weighted by Crippen LogP contribution is -2.67. The van der Waals surface area contributed by atoms with Crippen molar-refractivity contribution >= 4 is 29.7 Å². The van der Waals surface area contributed by atoms with Gasteiger partial charge in [0.2, 0.25) is 0 Å². The van der Waals surface area contributed by atoms with E-state index in [-0.39, 0.29) is 11.1 Å². The molecule has 0 radical (unpaired) electrons. The molecule has 0 spiro atoms. The Labute approximate surface area is 197 Å². The van der Waals surface area contributed by atoms with Gasteiger partial charge in [0.25, 0.3) is 8.32 Å². The van der Waals surface area contributed by atoms with Crippen LogP contribution >= 0.6 is 0 Å². The summed E-state index contributed by atoms with van der Waals surface area (Å²) in [4.78, 5) is 0. The second-order valence-electron chi connectivity index (χ2n) is 10.8. The molecule has 1 aliphatic carbocycles. The highest BCUT2D eigenvalue weighted by Gasteiger charge is 2.55. The van der Waals surface area contributed by atoms with E-state index in [1.807, 2.05) is 32.9 Å². The number of nitrogens with one attached hydrogen (secondary N) is 1. The van der Waals surface area contributed by atoms with Gasteiger partial charge in [0.1, 0.15) is 0 Å². The van der Waals surface area contributed by atoms with Gasteiger partial charge in [-0.3, -0.25) is 0 Å². The highest BCUT2D eigenvalue weighted by atomic mass is 32.2. The fraction of sp³-hybridized carbons (Fsp3) is 0.500. The summed E-state index contributed by atoms with van der Waals surface area (Å²) < 4.78 is 22.9. The average molecular weight is 469 g/mol. The molecule has 2 aromatic rings. The lowest BCUT2D eigenvalue weighted by molar-refractivity contribution is 0.234. The Morgan fingerprint density at radius 2 is 1.47 bits per heavy atom. The number of nitriles is 1. The molecule has 2 atom stereocenters. The minimum Gasteiger partial charge on any atom is -0.406 e. The van der Waals surface area contributed by atoms with Gasteiger partial charge < -0.3 is 4.43 Å². The van der Waals surface area contributed by atoms with Crippen molar-refractivity contribution in [2.75, 3.05) is 6.61 Å². The molecule has 3 rings (SSSR count). The van der Waals surface area contributed by atoms with Crippen LogP contribution in [0.2, 0.25) is 5.04 Å². The van der Waals surface area contributed by atoms with Gasteiger partial charge in [-0.05, 0) is 49.0 Å². The Bertz CT molecular complexity index is 931. The number of hydrogen-bond acceptors (Lipinski definition) is 3. The topological polar surface area (TPSA) is 62.1 Å². The molecule has 172 valence electrons. The maximum atomic E-state index is 13.0. The first-order chi connectivity index (χ1) is 15.0. The molecule has 1 N–H and O–H groups in total. The molecule has 2 aromatic carbocycles. The van der Waals surface area contributed by atoms with Crippen LogP contribution in [0.25, 0.3) is 0 Å². The molecule has 0 aromatic heterocycles. The summed E-state index contributed by atoms with van der Waals surface area (Å²) in [7, 11) is -4.00. The Morgan fingerprint density at radius 3 is 1.81 bits per heavy atom. The Balaban J connectivity index is 2.04. The molecule has 0 unspecified atom stereocenters. The van der Waals surface area contributed by atoms with E-state index in [2.05, 4.69) is 80.1 Å². The zero-order valence-corrected chi connectivity index (χ0v) is 22.0. The van der Waals surface area contributed by atoms with Crippen LogP contribution in [0.3, 0.4) is 0 Å². The summed E-state index contributed by atoms with van der Waals surface area (Å²) in [5.74, 6) is 0. The SMILES string of the molecule is CC(C)(C)[S@@](=O)N[C@@H](CO[Si](c1ccccc1)(c1ccccc1)C(C)(C)C)C1(C#N)CC1. The van der Waals surface area contributed by atoms with Crippen LogP contribution in [-0.2, 0) is 15.4 Å². The second kappa shape index (κ2) is 9.22. The highest BCUT2D eigenvalue weighted by molar-refractivity contribution is 7.84. The first-order valence-corrected chi connectivity index (χ1v) is 14.4. The van der Waals surface area contributed by atoms with Gasteiger partial charge in [-0.15, -0.1) is 0 Å². The quantitative estimate of drug-likeness (QED) is 0.588. The number of rotatable bonds is 8. The summed E-state index contributed by atoms with van der Waals surface area (Å²) in [5, 5.41) is 12.2. The van der Waals surface area contributed by atoms with Gasteiger partial charge in [0, 0.05) is 0 Å². The van der Waals surface area contributed by atoms with E-state index in [0.717, 1.165) is 12.8 Å². The van der Waals surface area contributed by atoms with Gasteiger partial charge >= 0.3 is 0 Å². The van der Waals surface area contributed by atoms with Gasteiger partial charge in [-0.25, -0.2) is 8.93 Å². The largest absolute Gasteiger partial charge is 0.406 e. The summed E-state index contributed by atoms with van der Waals surface area (Å²) in [6.07, 6.45) is 1.62. The van der Waals surface area contributed by atoms with Crippen LogP contribution in [0.5, 0.6) is 0 Å². The highest BCUT2D eigenvalue weighted by Crippen LogP contribution is 2.49. The van der Waals surface area contributed by atoms with Crippen molar-refractivity contribution in [1.82, 2.24) is 4.72 Å². The van der Waals surface area contributed by atoms with Crippen molar-refractivity contribution in [3.63, 3.8) is 0 Å². The molecule has 1 aliphatic rings. The molecular formula is C26H36N2O2SSi. The van der Waals surface area contributed by atoms with E-state index in [9.17, 15) is 9.47 Å². The van der Waals surface area contributed by atoms with Gasteiger partial charge in [0.15, 0.2) is 0 Å². The predicted molar refractivity (Wildman–Crippen MR) is 136 cm³/mol. The Hall–Kier alpha value is -1.78. The first-order valence-electron chi connectivity index (χ1n) is 11.3. The fourth-order valence-electron chi connectivity index (χ4n) is 4.26. The van der Waals surface area contributed by atoms with Crippen molar-refractivity contribution < 1.29 is 8.63 Å². The molecule has 0 bridgehead atoms. The minimum absolute atomic E-state index is 0.146. The number of benzene rings is 2. The van der Waals surface area contributed by atoms with Crippen LogP contribution in [0, 0.1) is 16.7 Å². The van der Waals surface area contributed by atoms with Crippen LogP contribution < -0.4 is 15.1 Å². The summed E-state index contributed by atoms with van der Waals surface area (Å²) in [5.41, 5.74) is -0.508. The lowest BCUT2D eigenvalue weighted by atomic mass is 10.0. The van der Waals surface area contributed by atoms with Gasteiger partial charge in [0.05, 0.1) is 39.9 Å². The molecule has 4 nitrogen and oxygen atoms in total. The summed E-state index contributed by atoms with van der Waals surface area (Å²) >= 11 is 0. The zero-order chi connectivity index (χ0) is 23.6. The third-order valence-electron chi connectivity index (χ3n) is 6.37. The monoisotopic (exact) mass is 468 g/mol. The maximum absolute atomic E-state index is 13.0. The van der Waals surface area contributed by atoms with Crippen molar-refractivity contribution in [3.8, 4) is 6.07 Å². The lowest BCUT2D eigenvalue weighted by Gasteiger charge is -2.44. The third-order valence-corrected chi connectivity index (χ3v) is 13.0. The van der Waals surface area contributed by atoms with E-state index >= 15 is 0 Å². The Morgan fingerprint density at radius 1 is 1.00 bits per heavy atom. The number of hydrogen-bond donors (Lipinski definition) is 1. The van der Waals surface area contributed by atoms with Crippen molar-refractivity contribution in [1.29, 1.82) is 5.26 Å². The van der Waals surface area contributed by atoms with Crippen molar-refractivity contribution in [3.05, 3.63) is 60.7 Å². The van der Waals surface area contributed by atoms with Crippen LogP contribution in [0.15, 0.2) is 60.7 Å². The molecule has 0 saturated heterocycles. The van der Waals surface area contributed by atoms with Crippen LogP contribution in [0.1, 0.15) is 54.4 Å². The molecule has 0 aliphatic heterocycles. The number of nitrogens with zero attached hydrogens (tertiary/aromatic N) is 1. The van der Waals surface area contributed by atoms with Crippen molar-refractivity contribution in [2.24, 2.45) is 5.41 Å². The standard InChI is InChI=1S/C26H36N2O2SSi/c1-24(2,3)31(29)28-23(26(20-27)17-18-26)19-30-32(25(4,5)6,21-13-9-7-10-14-21)22-15-11-8-12-16-22/h7-16,23,28H,17-19H2,1-6H3/t23-,31+/m0/s1. The first kappa shape index (κ1) is 24.9.